The molecule has 0 fully saturated rings. The van der Waals surface area contributed by atoms with Gasteiger partial charge in [-0.05, 0) is 13.0 Å². The monoisotopic (exact) mass is 297 g/mol. The van der Waals surface area contributed by atoms with Crippen molar-refractivity contribution in [2.24, 2.45) is 7.05 Å². The average Bonchev–Trinajstić information content (AvgIpc) is 2.74. The molecule has 0 atom stereocenters. The Bertz CT molecular complexity index is 660. The number of nitrogens with one attached hydrogen (secondary N) is 1. The number of nitrogens with zero attached hydrogens (tertiary/aromatic N) is 4. The van der Waals surface area contributed by atoms with E-state index in [1.807, 2.05) is 0 Å². The first-order valence-corrected chi connectivity index (χ1v) is 6.13. The smallest absolute Gasteiger partial charge is 0.351 e. The maximum absolute atomic E-state index is 12.9. The molecule has 8 heteroatoms. The van der Waals surface area contributed by atoms with E-state index in [-0.39, 0.29) is 18.2 Å². The molecule has 112 valence electrons. The summed E-state index contributed by atoms with van der Waals surface area (Å²) >= 11 is 0. The van der Waals surface area contributed by atoms with Crippen molar-refractivity contribution < 1.29 is 13.2 Å². The lowest BCUT2D eigenvalue weighted by atomic mass is 10.1. The van der Waals surface area contributed by atoms with Gasteiger partial charge in [0.1, 0.15) is 0 Å². The van der Waals surface area contributed by atoms with Gasteiger partial charge in [0.05, 0.1) is 11.4 Å². The highest BCUT2D eigenvalue weighted by Crippen LogP contribution is 2.31. The summed E-state index contributed by atoms with van der Waals surface area (Å²) in [6.45, 7) is 5.47. The second-order valence-corrected chi connectivity index (χ2v) is 4.43. The number of halogens is 3. The standard InChI is InChI=1S/C13H14F3N5/c1-4-5-17-12-18-10(6-11(19-12)13(14,15)16)9-7-21(3)20-8(9)2/h4,6-7H,1,5H2,2-3H3,(H,17,18,19). The van der Waals surface area contributed by atoms with Crippen molar-refractivity contribution in [3.63, 3.8) is 0 Å². The molecule has 2 aromatic rings. The molecular weight excluding hydrogens is 283 g/mol. The van der Waals surface area contributed by atoms with Gasteiger partial charge in [0.25, 0.3) is 0 Å². The molecule has 2 aromatic heterocycles. The Morgan fingerprint density at radius 3 is 2.62 bits per heavy atom. The molecule has 0 bridgehead atoms. The average molecular weight is 297 g/mol. The number of rotatable bonds is 4. The number of aromatic nitrogens is 4. The largest absolute Gasteiger partial charge is 0.433 e. The van der Waals surface area contributed by atoms with Gasteiger partial charge >= 0.3 is 6.18 Å². The lowest BCUT2D eigenvalue weighted by molar-refractivity contribution is -0.141. The topological polar surface area (TPSA) is 55.6 Å². The molecule has 0 saturated carbocycles. The summed E-state index contributed by atoms with van der Waals surface area (Å²) in [5, 5.41) is 6.79. The zero-order valence-corrected chi connectivity index (χ0v) is 11.6. The van der Waals surface area contributed by atoms with Crippen molar-refractivity contribution in [2.75, 3.05) is 11.9 Å². The Kier molecular flexibility index (Phi) is 3.97. The Labute approximate surface area is 119 Å². The lowest BCUT2D eigenvalue weighted by Crippen LogP contribution is -2.12. The molecule has 5 nitrogen and oxygen atoms in total. The minimum absolute atomic E-state index is 0.0945. The summed E-state index contributed by atoms with van der Waals surface area (Å²) in [7, 11) is 1.69. The zero-order valence-electron chi connectivity index (χ0n) is 11.6. The third kappa shape index (κ3) is 3.39. The summed E-state index contributed by atoms with van der Waals surface area (Å²) < 4.78 is 40.3. The highest BCUT2D eigenvalue weighted by Gasteiger charge is 2.34. The van der Waals surface area contributed by atoms with Gasteiger partial charge in [0.15, 0.2) is 5.69 Å². The first-order valence-electron chi connectivity index (χ1n) is 6.13. The van der Waals surface area contributed by atoms with Gasteiger partial charge in [-0.25, -0.2) is 9.97 Å². The molecule has 1 N–H and O–H groups in total. The van der Waals surface area contributed by atoms with Crippen molar-refractivity contribution in [3.8, 4) is 11.3 Å². The van der Waals surface area contributed by atoms with Crippen LogP contribution in [0.5, 0.6) is 0 Å². The van der Waals surface area contributed by atoms with Gasteiger partial charge in [0.2, 0.25) is 5.95 Å². The normalized spacial score (nSPS) is 11.5. The van der Waals surface area contributed by atoms with Crippen molar-refractivity contribution in [1.82, 2.24) is 19.7 Å². The molecule has 0 aliphatic carbocycles. The fourth-order valence-corrected chi connectivity index (χ4v) is 1.82. The number of hydrogen-bond donors (Lipinski definition) is 1. The van der Waals surface area contributed by atoms with E-state index in [0.717, 1.165) is 6.07 Å². The Morgan fingerprint density at radius 1 is 1.38 bits per heavy atom. The van der Waals surface area contributed by atoms with Crippen LogP contribution >= 0.6 is 0 Å². The highest BCUT2D eigenvalue weighted by atomic mass is 19.4. The van der Waals surface area contributed by atoms with Crippen molar-refractivity contribution in [1.29, 1.82) is 0 Å². The van der Waals surface area contributed by atoms with Crippen LogP contribution < -0.4 is 5.32 Å². The molecular formula is C13H14F3N5. The van der Waals surface area contributed by atoms with Crippen LogP contribution in [-0.2, 0) is 13.2 Å². The number of alkyl halides is 3. The summed E-state index contributed by atoms with van der Waals surface area (Å²) in [5.74, 6) is -0.0945. The van der Waals surface area contributed by atoms with Gasteiger partial charge in [0, 0.05) is 25.4 Å². The molecule has 0 spiro atoms. The molecule has 2 heterocycles. The molecule has 21 heavy (non-hydrogen) atoms. The van der Waals surface area contributed by atoms with Crippen LogP contribution in [0, 0.1) is 6.92 Å². The molecule has 0 unspecified atom stereocenters. The van der Waals surface area contributed by atoms with E-state index in [1.165, 1.54) is 10.8 Å². The van der Waals surface area contributed by atoms with Crippen LogP contribution in [0.1, 0.15) is 11.4 Å². The van der Waals surface area contributed by atoms with E-state index in [4.69, 9.17) is 0 Å². The van der Waals surface area contributed by atoms with Crippen LogP contribution in [0.15, 0.2) is 24.9 Å². The minimum atomic E-state index is -4.54. The van der Waals surface area contributed by atoms with Crippen LogP contribution in [0.4, 0.5) is 19.1 Å². The number of hydrogen-bond acceptors (Lipinski definition) is 4. The van der Waals surface area contributed by atoms with Crippen LogP contribution in [0.3, 0.4) is 0 Å². The van der Waals surface area contributed by atoms with Gasteiger partial charge in [-0.3, -0.25) is 4.68 Å². The fourth-order valence-electron chi connectivity index (χ4n) is 1.82. The summed E-state index contributed by atoms with van der Waals surface area (Å²) in [5.41, 5.74) is 0.308. The summed E-state index contributed by atoms with van der Waals surface area (Å²) in [4.78, 5) is 7.59. The molecule has 2 rings (SSSR count). The minimum Gasteiger partial charge on any atom is -0.351 e. The number of aryl methyl sites for hydroxylation is 2. The van der Waals surface area contributed by atoms with E-state index in [2.05, 4.69) is 27.0 Å². The molecule has 0 amide bonds. The SMILES string of the molecule is C=CCNc1nc(-c2cn(C)nc2C)cc(C(F)(F)F)n1. The molecule has 0 aliphatic heterocycles. The van der Waals surface area contributed by atoms with E-state index < -0.39 is 11.9 Å². The van der Waals surface area contributed by atoms with E-state index in [9.17, 15) is 13.2 Å². The van der Waals surface area contributed by atoms with E-state index in [1.54, 1.807) is 20.2 Å². The zero-order chi connectivity index (χ0) is 15.6. The fraction of sp³-hybridized carbons (Fsp3) is 0.308. The third-order valence-corrected chi connectivity index (χ3v) is 2.71. The molecule has 0 saturated heterocycles. The van der Waals surface area contributed by atoms with Gasteiger partial charge in [-0.15, -0.1) is 6.58 Å². The molecule has 0 aliphatic rings. The summed E-state index contributed by atoms with van der Waals surface area (Å²) in [6.07, 6.45) is -1.41. The van der Waals surface area contributed by atoms with Crippen LogP contribution in [0.2, 0.25) is 0 Å². The van der Waals surface area contributed by atoms with Crippen LogP contribution in [-0.4, -0.2) is 26.3 Å². The van der Waals surface area contributed by atoms with Crippen molar-refractivity contribution >= 4 is 5.95 Å². The Hall–Kier alpha value is -2.38. The quantitative estimate of drug-likeness (QED) is 0.882. The Balaban J connectivity index is 2.54. The van der Waals surface area contributed by atoms with Crippen molar-refractivity contribution in [3.05, 3.63) is 36.3 Å². The van der Waals surface area contributed by atoms with E-state index >= 15 is 0 Å². The van der Waals surface area contributed by atoms with Gasteiger partial charge in [-0.2, -0.15) is 18.3 Å². The van der Waals surface area contributed by atoms with Gasteiger partial charge in [-0.1, -0.05) is 6.08 Å². The maximum Gasteiger partial charge on any atom is 0.433 e. The second-order valence-electron chi connectivity index (χ2n) is 4.43. The Morgan fingerprint density at radius 2 is 2.10 bits per heavy atom. The third-order valence-electron chi connectivity index (χ3n) is 2.71. The van der Waals surface area contributed by atoms with Gasteiger partial charge < -0.3 is 5.32 Å². The molecule has 0 radical (unpaired) electrons. The second kappa shape index (κ2) is 5.55. The maximum atomic E-state index is 12.9. The number of anilines is 1. The first kappa shape index (κ1) is 15.0. The first-order chi connectivity index (χ1) is 9.81. The predicted octanol–water partition coefficient (Wildman–Crippen LogP) is 2.80. The van der Waals surface area contributed by atoms with Crippen LogP contribution in [0.25, 0.3) is 11.3 Å². The van der Waals surface area contributed by atoms with E-state index in [0.29, 0.717) is 11.3 Å². The predicted molar refractivity (Wildman–Crippen MR) is 72.7 cm³/mol. The summed E-state index contributed by atoms with van der Waals surface area (Å²) in [6, 6.07) is 0.920. The van der Waals surface area contributed by atoms with Crippen molar-refractivity contribution in [2.45, 2.75) is 13.1 Å². The lowest BCUT2D eigenvalue weighted by Gasteiger charge is -2.10. The highest BCUT2D eigenvalue weighted by molar-refractivity contribution is 5.62. The molecule has 0 aromatic carbocycles.